The molecule has 0 fully saturated rings. The van der Waals surface area contributed by atoms with Gasteiger partial charge in [0.15, 0.2) is 0 Å². The van der Waals surface area contributed by atoms with Crippen molar-refractivity contribution in [3.63, 3.8) is 0 Å². The van der Waals surface area contributed by atoms with Crippen LogP contribution in [-0.4, -0.2) is 17.4 Å². The van der Waals surface area contributed by atoms with Gasteiger partial charge < -0.3 is 5.32 Å². The number of hydrogen-bond acceptors (Lipinski definition) is 3. The van der Waals surface area contributed by atoms with Crippen molar-refractivity contribution in [3.05, 3.63) is 53.1 Å². The average Bonchev–Trinajstić information content (AvgIpc) is 2.86. The van der Waals surface area contributed by atoms with Crippen LogP contribution in [-0.2, 0) is 6.18 Å². The molecule has 0 bridgehead atoms. The summed E-state index contributed by atoms with van der Waals surface area (Å²) in [5.74, 6) is -0.270. The summed E-state index contributed by atoms with van der Waals surface area (Å²) in [6.07, 6.45) is -2.81. The van der Waals surface area contributed by atoms with Gasteiger partial charge in [-0.25, -0.2) is 4.98 Å². The molecule has 0 aliphatic heterocycles. The third-order valence-electron chi connectivity index (χ3n) is 2.87. The van der Waals surface area contributed by atoms with Crippen molar-refractivity contribution in [3.8, 4) is 10.6 Å². The first-order chi connectivity index (χ1) is 10.3. The quantitative estimate of drug-likeness (QED) is 0.861. The number of nitrogens with one attached hydrogen (secondary N) is 1. The first kappa shape index (κ1) is 16.2. The number of rotatable bonds is 4. The van der Waals surface area contributed by atoms with Crippen LogP contribution in [0.15, 0.2) is 36.9 Å². The van der Waals surface area contributed by atoms with Crippen LogP contribution in [0.1, 0.15) is 20.9 Å². The van der Waals surface area contributed by atoms with Crippen LogP contribution >= 0.6 is 11.3 Å². The Morgan fingerprint density at radius 3 is 2.55 bits per heavy atom. The van der Waals surface area contributed by atoms with Gasteiger partial charge in [0.1, 0.15) is 9.88 Å². The Morgan fingerprint density at radius 2 is 2.00 bits per heavy atom. The number of alkyl halides is 3. The van der Waals surface area contributed by atoms with Crippen molar-refractivity contribution in [2.75, 3.05) is 6.54 Å². The maximum Gasteiger partial charge on any atom is 0.416 e. The van der Waals surface area contributed by atoms with Gasteiger partial charge in [0.05, 0.1) is 11.3 Å². The van der Waals surface area contributed by atoms with E-state index in [2.05, 4.69) is 16.9 Å². The summed E-state index contributed by atoms with van der Waals surface area (Å²) in [7, 11) is 0. The summed E-state index contributed by atoms with van der Waals surface area (Å²) in [5, 5.41) is 3.16. The Kier molecular flexibility index (Phi) is 4.65. The van der Waals surface area contributed by atoms with Crippen molar-refractivity contribution in [1.29, 1.82) is 0 Å². The van der Waals surface area contributed by atoms with Gasteiger partial charge in [-0.05, 0) is 19.1 Å². The van der Waals surface area contributed by atoms with E-state index < -0.39 is 11.7 Å². The third kappa shape index (κ3) is 3.54. The van der Waals surface area contributed by atoms with Crippen LogP contribution in [0.5, 0.6) is 0 Å². The summed E-state index contributed by atoms with van der Waals surface area (Å²) in [5.41, 5.74) is 0.374. The monoisotopic (exact) mass is 326 g/mol. The number of aromatic nitrogens is 1. The highest BCUT2D eigenvalue weighted by atomic mass is 32.1. The molecule has 1 heterocycles. The highest BCUT2D eigenvalue weighted by Crippen LogP contribution is 2.32. The standard InChI is InChI=1S/C15H13F3N2OS/c1-3-8-19-13(21)12-9(2)20-14(22-12)10-4-6-11(7-5-10)15(16,17)18/h3-7H,1,8H2,2H3,(H,19,21). The van der Waals surface area contributed by atoms with Crippen LogP contribution in [0.4, 0.5) is 13.2 Å². The molecule has 0 atom stereocenters. The van der Waals surface area contributed by atoms with E-state index in [1.807, 2.05) is 0 Å². The number of hydrogen-bond donors (Lipinski definition) is 1. The van der Waals surface area contributed by atoms with E-state index in [0.29, 0.717) is 27.7 Å². The number of thiazole rings is 1. The predicted octanol–water partition coefficient (Wildman–Crippen LogP) is 4.05. The molecule has 1 N–H and O–H groups in total. The van der Waals surface area contributed by atoms with Crippen LogP contribution in [0.25, 0.3) is 10.6 Å². The van der Waals surface area contributed by atoms with Crippen LogP contribution in [0.3, 0.4) is 0 Å². The van der Waals surface area contributed by atoms with Crippen LogP contribution in [0.2, 0.25) is 0 Å². The molecular weight excluding hydrogens is 313 g/mol. The lowest BCUT2D eigenvalue weighted by atomic mass is 10.1. The molecule has 0 unspecified atom stereocenters. The van der Waals surface area contributed by atoms with Crippen molar-refractivity contribution in [2.24, 2.45) is 0 Å². The van der Waals surface area contributed by atoms with Gasteiger partial charge in [-0.2, -0.15) is 13.2 Å². The van der Waals surface area contributed by atoms with E-state index >= 15 is 0 Å². The Balaban J connectivity index is 2.27. The molecule has 0 aliphatic carbocycles. The predicted molar refractivity (Wildman–Crippen MR) is 79.8 cm³/mol. The lowest BCUT2D eigenvalue weighted by Crippen LogP contribution is -2.22. The fourth-order valence-corrected chi connectivity index (χ4v) is 2.77. The summed E-state index contributed by atoms with van der Waals surface area (Å²) in [4.78, 5) is 16.6. The Morgan fingerprint density at radius 1 is 1.36 bits per heavy atom. The van der Waals surface area contributed by atoms with E-state index in [1.54, 1.807) is 13.0 Å². The van der Waals surface area contributed by atoms with E-state index in [1.165, 1.54) is 12.1 Å². The molecule has 0 saturated carbocycles. The maximum absolute atomic E-state index is 12.5. The van der Waals surface area contributed by atoms with Gasteiger partial charge in [0.2, 0.25) is 0 Å². The Labute approximate surface area is 129 Å². The molecule has 2 aromatic rings. The zero-order chi connectivity index (χ0) is 16.3. The maximum atomic E-state index is 12.5. The summed E-state index contributed by atoms with van der Waals surface area (Å²) in [6.45, 7) is 5.54. The number of amides is 1. The summed E-state index contributed by atoms with van der Waals surface area (Å²) in [6, 6.07) is 4.71. The van der Waals surface area contributed by atoms with Gasteiger partial charge in [-0.15, -0.1) is 17.9 Å². The normalized spacial score (nSPS) is 11.3. The molecule has 1 aromatic carbocycles. The minimum absolute atomic E-state index is 0.270. The molecule has 0 spiro atoms. The number of aryl methyl sites for hydroxylation is 1. The van der Waals surface area contributed by atoms with Gasteiger partial charge in [0.25, 0.3) is 5.91 Å². The van der Waals surface area contributed by atoms with Crippen LogP contribution < -0.4 is 5.32 Å². The largest absolute Gasteiger partial charge is 0.416 e. The first-order valence-corrected chi connectivity index (χ1v) is 7.18. The second kappa shape index (κ2) is 6.31. The molecular formula is C15H13F3N2OS. The van der Waals surface area contributed by atoms with Crippen molar-refractivity contribution in [2.45, 2.75) is 13.1 Å². The molecule has 1 aromatic heterocycles. The molecule has 1 amide bonds. The number of halogens is 3. The Hall–Kier alpha value is -2.15. The van der Waals surface area contributed by atoms with Gasteiger partial charge in [-0.1, -0.05) is 18.2 Å². The highest BCUT2D eigenvalue weighted by molar-refractivity contribution is 7.17. The topological polar surface area (TPSA) is 42.0 Å². The number of nitrogens with zero attached hydrogens (tertiary/aromatic N) is 1. The molecule has 116 valence electrons. The highest BCUT2D eigenvalue weighted by Gasteiger charge is 2.30. The molecule has 7 heteroatoms. The minimum atomic E-state index is -4.37. The molecule has 3 nitrogen and oxygen atoms in total. The molecule has 22 heavy (non-hydrogen) atoms. The van der Waals surface area contributed by atoms with Gasteiger partial charge >= 0.3 is 6.18 Å². The average molecular weight is 326 g/mol. The van der Waals surface area contributed by atoms with Crippen molar-refractivity contribution < 1.29 is 18.0 Å². The SMILES string of the molecule is C=CCNC(=O)c1sc(-c2ccc(C(F)(F)F)cc2)nc1C. The number of carbonyl (C=O) groups excluding carboxylic acids is 1. The molecule has 2 rings (SSSR count). The first-order valence-electron chi connectivity index (χ1n) is 6.37. The van der Waals surface area contributed by atoms with E-state index in [0.717, 1.165) is 23.5 Å². The number of benzene rings is 1. The van der Waals surface area contributed by atoms with E-state index in [9.17, 15) is 18.0 Å². The summed E-state index contributed by atoms with van der Waals surface area (Å²) >= 11 is 1.15. The fourth-order valence-electron chi connectivity index (χ4n) is 1.78. The Bertz CT molecular complexity index is 690. The van der Waals surface area contributed by atoms with Crippen LogP contribution in [0, 0.1) is 6.92 Å². The third-order valence-corrected chi connectivity index (χ3v) is 4.07. The van der Waals surface area contributed by atoms with E-state index in [4.69, 9.17) is 0 Å². The van der Waals surface area contributed by atoms with E-state index in [-0.39, 0.29) is 5.91 Å². The second-order valence-electron chi connectivity index (χ2n) is 4.51. The van der Waals surface area contributed by atoms with Gasteiger partial charge in [-0.3, -0.25) is 4.79 Å². The molecule has 0 radical (unpaired) electrons. The fraction of sp³-hybridized carbons (Fsp3) is 0.200. The van der Waals surface area contributed by atoms with Crippen molar-refractivity contribution >= 4 is 17.2 Å². The number of carbonyl (C=O) groups is 1. The smallest absolute Gasteiger partial charge is 0.348 e. The zero-order valence-corrected chi connectivity index (χ0v) is 12.5. The summed E-state index contributed by atoms with van der Waals surface area (Å²) < 4.78 is 37.6. The van der Waals surface area contributed by atoms with Crippen molar-refractivity contribution in [1.82, 2.24) is 10.3 Å². The second-order valence-corrected chi connectivity index (χ2v) is 5.51. The van der Waals surface area contributed by atoms with Gasteiger partial charge in [0, 0.05) is 12.1 Å². The lowest BCUT2D eigenvalue weighted by Gasteiger charge is -2.06. The lowest BCUT2D eigenvalue weighted by molar-refractivity contribution is -0.137. The zero-order valence-electron chi connectivity index (χ0n) is 11.7. The molecule has 0 saturated heterocycles. The molecule has 0 aliphatic rings. The minimum Gasteiger partial charge on any atom is -0.348 e.